The zero-order valence-corrected chi connectivity index (χ0v) is 11.3. The van der Waals surface area contributed by atoms with Crippen molar-refractivity contribution in [2.24, 2.45) is 7.05 Å². The van der Waals surface area contributed by atoms with Gasteiger partial charge in [0.05, 0.1) is 11.9 Å². The fourth-order valence-electron chi connectivity index (χ4n) is 2.43. The Morgan fingerprint density at radius 2 is 2.16 bits per heavy atom. The summed E-state index contributed by atoms with van der Waals surface area (Å²) in [6.07, 6.45) is 5.26. The minimum absolute atomic E-state index is 0.558. The molecule has 0 bridgehead atoms. The average molecular weight is 256 g/mol. The summed E-state index contributed by atoms with van der Waals surface area (Å²) in [5.41, 5.74) is 10.1. The van der Waals surface area contributed by atoms with Crippen LogP contribution in [-0.2, 0) is 7.05 Å². The Kier molecular flexibility index (Phi) is 2.89. The maximum Gasteiger partial charge on any atom is 0.126 e. The van der Waals surface area contributed by atoms with Crippen LogP contribution in [0.15, 0.2) is 18.3 Å². The van der Waals surface area contributed by atoms with Gasteiger partial charge in [-0.05, 0) is 25.8 Å². The second kappa shape index (κ2) is 4.57. The monoisotopic (exact) mass is 256 g/mol. The van der Waals surface area contributed by atoms with Crippen LogP contribution in [0.3, 0.4) is 0 Å². The lowest BCUT2D eigenvalue weighted by Crippen LogP contribution is -2.18. The van der Waals surface area contributed by atoms with Gasteiger partial charge in [-0.1, -0.05) is 0 Å². The molecule has 0 spiro atoms. The van der Waals surface area contributed by atoms with Gasteiger partial charge in [0.25, 0.3) is 0 Å². The number of aryl methyl sites for hydroxylation is 1. The quantitative estimate of drug-likeness (QED) is 0.890. The third kappa shape index (κ3) is 2.16. The summed E-state index contributed by atoms with van der Waals surface area (Å²) in [7, 11) is 1.93. The van der Waals surface area contributed by atoms with Crippen LogP contribution < -0.4 is 10.6 Å². The Morgan fingerprint density at radius 1 is 1.32 bits per heavy atom. The third-order valence-corrected chi connectivity index (χ3v) is 3.66. The first kappa shape index (κ1) is 12.0. The zero-order valence-electron chi connectivity index (χ0n) is 11.3. The molecule has 0 saturated carbocycles. The van der Waals surface area contributed by atoms with E-state index in [9.17, 15) is 0 Å². The number of rotatable bonds is 2. The minimum atomic E-state index is 0.558. The Morgan fingerprint density at radius 3 is 2.79 bits per heavy atom. The largest absolute Gasteiger partial charge is 0.384 e. The zero-order chi connectivity index (χ0) is 13.4. The molecule has 3 rings (SSSR count). The van der Waals surface area contributed by atoms with E-state index < -0.39 is 0 Å². The molecule has 2 aromatic rings. The van der Waals surface area contributed by atoms with E-state index >= 15 is 0 Å². The SMILES string of the molecule is Cc1c(-c2cc(N3C[CH]CC3)cc(N)n2)cnn1C. The molecule has 1 aliphatic heterocycles. The van der Waals surface area contributed by atoms with E-state index in [-0.39, 0.29) is 0 Å². The number of pyridine rings is 1. The molecule has 0 unspecified atom stereocenters. The van der Waals surface area contributed by atoms with Gasteiger partial charge >= 0.3 is 0 Å². The van der Waals surface area contributed by atoms with Crippen LogP contribution in [0.5, 0.6) is 0 Å². The maximum absolute atomic E-state index is 5.95. The Hall–Kier alpha value is -2.04. The van der Waals surface area contributed by atoms with Gasteiger partial charge in [0, 0.05) is 43.1 Å². The standard InChI is InChI=1S/C14H18N5/c1-10-12(9-16-18(10)2)13-7-11(8-14(15)17-13)19-5-3-4-6-19/h3,7-9H,4-6H2,1-2H3,(H2,15,17). The molecule has 0 atom stereocenters. The smallest absolute Gasteiger partial charge is 0.126 e. The third-order valence-electron chi connectivity index (χ3n) is 3.66. The maximum atomic E-state index is 5.95. The molecule has 2 N–H and O–H groups in total. The topological polar surface area (TPSA) is 60.0 Å². The second-order valence-corrected chi connectivity index (χ2v) is 4.93. The highest BCUT2D eigenvalue weighted by Gasteiger charge is 2.16. The summed E-state index contributed by atoms with van der Waals surface area (Å²) in [5, 5.41) is 4.27. The molecule has 1 aliphatic rings. The average Bonchev–Trinajstić information content (AvgIpc) is 3.01. The summed E-state index contributed by atoms with van der Waals surface area (Å²) < 4.78 is 1.85. The van der Waals surface area contributed by atoms with Crippen molar-refractivity contribution in [1.82, 2.24) is 14.8 Å². The lowest BCUT2D eigenvalue weighted by molar-refractivity contribution is 0.740. The summed E-state index contributed by atoms with van der Waals surface area (Å²) in [6.45, 7) is 4.07. The molecule has 1 fully saturated rings. The molecule has 5 nitrogen and oxygen atoms in total. The summed E-state index contributed by atoms with van der Waals surface area (Å²) >= 11 is 0. The van der Waals surface area contributed by atoms with Crippen molar-refractivity contribution in [3.8, 4) is 11.3 Å². The van der Waals surface area contributed by atoms with Crippen LogP contribution in [-0.4, -0.2) is 27.9 Å². The predicted molar refractivity (Wildman–Crippen MR) is 76.7 cm³/mol. The van der Waals surface area contributed by atoms with Crippen molar-refractivity contribution in [3.05, 3.63) is 30.4 Å². The lowest BCUT2D eigenvalue weighted by Gasteiger charge is -2.18. The summed E-state index contributed by atoms with van der Waals surface area (Å²) in [4.78, 5) is 6.75. The van der Waals surface area contributed by atoms with Gasteiger partial charge in [0.15, 0.2) is 0 Å². The van der Waals surface area contributed by atoms with Gasteiger partial charge in [0.1, 0.15) is 5.82 Å². The van der Waals surface area contributed by atoms with E-state index in [4.69, 9.17) is 5.73 Å². The highest BCUT2D eigenvalue weighted by molar-refractivity contribution is 5.69. The van der Waals surface area contributed by atoms with Crippen molar-refractivity contribution < 1.29 is 0 Å². The Balaban J connectivity index is 2.04. The van der Waals surface area contributed by atoms with Crippen LogP contribution in [0.2, 0.25) is 0 Å². The normalized spacial score (nSPS) is 15.2. The molecule has 19 heavy (non-hydrogen) atoms. The number of anilines is 2. The molecule has 1 radical (unpaired) electrons. The summed E-state index contributed by atoms with van der Waals surface area (Å²) in [6, 6.07) is 4.04. The Bertz CT molecular complexity index is 596. The number of hydrogen-bond donors (Lipinski definition) is 1. The highest BCUT2D eigenvalue weighted by Crippen LogP contribution is 2.28. The summed E-state index contributed by atoms with van der Waals surface area (Å²) in [5.74, 6) is 0.558. The molecule has 99 valence electrons. The van der Waals surface area contributed by atoms with Crippen LogP contribution >= 0.6 is 0 Å². The molecule has 3 heterocycles. The van der Waals surface area contributed by atoms with E-state index in [1.54, 1.807) is 0 Å². The molecule has 2 aromatic heterocycles. The fraction of sp³-hybridized carbons (Fsp3) is 0.357. The van der Waals surface area contributed by atoms with E-state index in [1.807, 2.05) is 30.9 Å². The molecule has 0 aliphatic carbocycles. The van der Waals surface area contributed by atoms with Crippen molar-refractivity contribution in [2.45, 2.75) is 13.3 Å². The first-order valence-corrected chi connectivity index (χ1v) is 6.48. The van der Waals surface area contributed by atoms with Crippen molar-refractivity contribution in [1.29, 1.82) is 0 Å². The van der Waals surface area contributed by atoms with Crippen LogP contribution in [0.25, 0.3) is 11.3 Å². The molecular formula is C14H18N5. The van der Waals surface area contributed by atoms with Gasteiger partial charge in [-0.15, -0.1) is 0 Å². The van der Waals surface area contributed by atoms with E-state index in [0.717, 1.165) is 42.1 Å². The van der Waals surface area contributed by atoms with Crippen molar-refractivity contribution >= 4 is 11.5 Å². The number of nitrogen functional groups attached to an aromatic ring is 1. The lowest BCUT2D eigenvalue weighted by atomic mass is 10.1. The molecule has 5 heteroatoms. The molecule has 1 saturated heterocycles. The minimum Gasteiger partial charge on any atom is -0.384 e. The molecular weight excluding hydrogens is 238 g/mol. The first-order valence-electron chi connectivity index (χ1n) is 6.48. The predicted octanol–water partition coefficient (Wildman–Crippen LogP) is 1.79. The van der Waals surface area contributed by atoms with Gasteiger partial charge in [-0.25, -0.2) is 4.98 Å². The Labute approximate surface area is 113 Å². The number of nitrogens with two attached hydrogens (primary N) is 1. The van der Waals surface area contributed by atoms with Gasteiger partial charge in [-0.3, -0.25) is 4.68 Å². The van der Waals surface area contributed by atoms with E-state index in [2.05, 4.69) is 27.5 Å². The van der Waals surface area contributed by atoms with Crippen LogP contribution in [0, 0.1) is 13.3 Å². The van der Waals surface area contributed by atoms with Crippen molar-refractivity contribution in [3.63, 3.8) is 0 Å². The van der Waals surface area contributed by atoms with E-state index in [0.29, 0.717) is 5.82 Å². The highest BCUT2D eigenvalue weighted by atomic mass is 15.3. The number of aromatic nitrogens is 3. The fourth-order valence-corrected chi connectivity index (χ4v) is 2.43. The molecule has 0 aromatic carbocycles. The van der Waals surface area contributed by atoms with Crippen molar-refractivity contribution in [2.75, 3.05) is 23.7 Å². The first-order chi connectivity index (χ1) is 9.15. The number of hydrogen-bond acceptors (Lipinski definition) is 4. The molecule has 0 amide bonds. The van der Waals surface area contributed by atoms with Crippen LogP contribution in [0.4, 0.5) is 11.5 Å². The van der Waals surface area contributed by atoms with Gasteiger partial charge < -0.3 is 10.6 Å². The second-order valence-electron chi connectivity index (χ2n) is 4.93. The number of nitrogens with zero attached hydrogens (tertiary/aromatic N) is 4. The van der Waals surface area contributed by atoms with Gasteiger partial charge in [-0.2, -0.15) is 5.10 Å². The van der Waals surface area contributed by atoms with Gasteiger partial charge in [0.2, 0.25) is 0 Å². The van der Waals surface area contributed by atoms with Crippen LogP contribution in [0.1, 0.15) is 12.1 Å². The van der Waals surface area contributed by atoms with E-state index in [1.165, 1.54) is 0 Å².